The van der Waals surface area contributed by atoms with Gasteiger partial charge >= 0.3 is 0 Å². The molecular weight excluding hydrogens is 266 g/mol. The lowest BCUT2D eigenvalue weighted by Gasteiger charge is -2.29. The van der Waals surface area contributed by atoms with E-state index in [1.807, 2.05) is 31.1 Å². The maximum atomic E-state index is 12.1. The van der Waals surface area contributed by atoms with Crippen LogP contribution in [0.4, 0.5) is 0 Å². The van der Waals surface area contributed by atoms with E-state index in [2.05, 4.69) is 17.0 Å². The van der Waals surface area contributed by atoms with Gasteiger partial charge in [0.25, 0.3) is 0 Å². The van der Waals surface area contributed by atoms with Crippen LogP contribution in [0.1, 0.15) is 18.0 Å². The molecule has 0 spiro atoms. The van der Waals surface area contributed by atoms with Gasteiger partial charge < -0.3 is 20.3 Å². The number of amides is 1. The van der Waals surface area contributed by atoms with Crippen LogP contribution >= 0.6 is 0 Å². The van der Waals surface area contributed by atoms with Crippen molar-refractivity contribution in [2.45, 2.75) is 12.5 Å². The van der Waals surface area contributed by atoms with E-state index >= 15 is 0 Å². The molecule has 1 aliphatic heterocycles. The van der Waals surface area contributed by atoms with Crippen molar-refractivity contribution in [1.29, 1.82) is 0 Å². The predicted octanol–water partition coefficient (Wildman–Crippen LogP) is 1.11. The van der Waals surface area contributed by atoms with Crippen LogP contribution in [0.25, 0.3) is 0 Å². The molecule has 0 saturated carbocycles. The Morgan fingerprint density at radius 3 is 2.52 bits per heavy atom. The number of hydrogen-bond acceptors (Lipinski definition) is 4. The van der Waals surface area contributed by atoms with E-state index in [1.165, 1.54) is 5.56 Å². The van der Waals surface area contributed by atoms with E-state index in [0.717, 1.165) is 12.3 Å². The number of carbonyl (C=O) groups excluding carboxylic acids is 1. The molecule has 21 heavy (non-hydrogen) atoms. The minimum atomic E-state index is 0.177. The molecule has 0 bridgehead atoms. The van der Waals surface area contributed by atoms with Gasteiger partial charge in [-0.05, 0) is 44.3 Å². The number of ether oxygens (including phenoxy) is 1. The van der Waals surface area contributed by atoms with Crippen molar-refractivity contribution in [2.75, 3.05) is 40.8 Å². The molecule has 1 fully saturated rings. The summed E-state index contributed by atoms with van der Waals surface area (Å²) in [6.45, 7) is 2.06. The summed E-state index contributed by atoms with van der Waals surface area (Å²) in [5, 5.41) is 0. The van der Waals surface area contributed by atoms with Crippen LogP contribution in [-0.4, -0.2) is 56.5 Å². The summed E-state index contributed by atoms with van der Waals surface area (Å²) in [6, 6.07) is 8.21. The highest BCUT2D eigenvalue weighted by molar-refractivity contribution is 5.78. The van der Waals surface area contributed by atoms with Crippen molar-refractivity contribution in [3.63, 3.8) is 0 Å². The average molecular weight is 291 g/mol. The molecule has 0 aromatic heterocycles. The molecule has 1 aromatic rings. The molecule has 5 heteroatoms. The lowest BCUT2D eigenvalue weighted by atomic mass is 10.1. The van der Waals surface area contributed by atoms with Crippen LogP contribution in [0.2, 0.25) is 0 Å². The van der Waals surface area contributed by atoms with Gasteiger partial charge in [0, 0.05) is 19.5 Å². The SMILES string of the molecule is COc1ccc(C(CN2CC(CN)CC2=O)N(C)C)cc1. The Balaban J connectivity index is 2.10. The molecule has 2 atom stereocenters. The summed E-state index contributed by atoms with van der Waals surface area (Å²) in [6.07, 6.45) is 0.583. The van der Waals surface area contributed by atoms with Gasteiger partial charge in [0.15, 0.2) is 0 Å². The van der Waals surface area contributed by atoms with E-state index in [1.54, 1.807) is 7.11 Å². The van der Waals surface area contributed by atoms with Crippen LogP contribution in [0.3, 0.4) is 0 Å². The van der Waals surface area contributed by atoms with E-state index < -0.39 is 0 Å². The zero-order chi connectivity index (χ0) is 15.4. The number of nitrogens with two attached hydrogens (primary N) is 1. The topological polar surface area (TPSA) is 58.8 Å². The second-order valence-electron chi connectivity index (χ2n) is 5.86. The first kappa shape index (κ1) is 15.8. The maximum absolute atomic E-state index is 12.1. The number of hydrogen-bond donors (Lipinski definition) is 1. The van der Waals surface area contributed by atoms with Crippen molar-refractivity contribution in [2.24, 2.45) is 11.7 Å². The number of methoxy groups -OCH3 is 1. The number of carbonyl (C=O) groups is 1. The fraction of sp³-hybridized carbons (Fsp3) is 0.562. The maximum Gasteiger partial charge on any atom is 0.223 e. The van der Waals surface area contributed by atoms with E-state index in [0.29, 0.717) is 25.4 Å². The normalized spacial score (nSPS) is 20.1. The summed E-state index contributed by atoms with van der Waals surface area (Å²) in [4.78, 5) is 16.1. The third-order valence-electron chi connectivity index (χ3n) is 4.15. The Morgan fingerprint density at radius 2 is 2.05 bits per heavy atom. The minimum absolute atomic E-state index is 0.177. The van der Waals surface area contributed by atoms with Crippen LogP contribution in [-0.2, 0) is 4.79 Å². The minimum Gasteiger partial charge on any atom is -0.497 e. The first-order valence-corrected chi connectivity index (χ1v) is 7.33. The van der Waals surface area contributed by atoms with Gasteiger partial charge in [-0.3, -0.25) is 4.79 Å². The Hall–Kier alpha value is -1.59. The third-order valence-corrected chi connectivity index (χ3v) is 4.15. The Bertz CT molecular complexity index is 473. The van der Waals surface area contributed by atoms with Crippen LogP contribution < -0.4 is 10.5 Å². The van der Waals surface area contributed by atoms with Gasteiger partial charge in [0.05, 0.1) is 13.2 Å². The first-order chi connectivity index (χ1) is 10.0. The van der Waals surface area contributed by atoms with Crippen LogP contribution in [0, 0.1) is 5.92 Å². The molecule has 1 saturated heterocycles. The molecule has 2 rings (SSSR count). The molecule has 116 valence electrons. The fourth-order valence-electron chi connectivity index (χ4n) is 2.79. The number of likely N-dealkylation sites (N-methyl/N-ethyl adjacent to an activating group) is 1. The van der Waals surface area contributed by atoms with Gasteiger partial charge in [-0.25, -0.2) is 0 Å². The Morgan fingerprint density at radius 1 is 1.38 bits per heavy atom. The molecule has 2 N–H and O–H groups in total. The van der Waals surface area contributed by atoms with Gasteiger partial charge in [-0.1, -0.05) is 12.1 Å². The Labute approximate surface area is 126 Å². The van der Waals surface area contributed by atoms with Gasteiger partial charge in [-0.2, -0.15) is 0 Å². The number of likely N-dealkylation sites (tertiary alicyclic amines) is 1. The summed E-state index contributed by atoms with van der Waals surface area (Å²) < 4.78 is 5.20. The summed E-state index contributed by atoms with van der Waals surface area (Å²) in [5.41, 5.74) is 6.87. The Kier molecular flexibility index (Phi) is 5.20. The highest BCUT2D eigenvalue weighted by Gasteiger charge is 2.31. The van der Waals surface area contributed by atoms with Crippen LogP contribution in [0.15, 0.2) is 24.3 Å². The molecule has 1 amide bonds. The van der Waals surface area contributed by atoms with Gasteiger partial charge in [0.2, 0.25) is 5.91 Å². The highest BCUT2D eigenvalue weighted by Crippen LogP contribution is 2.25. The average Bonchev–Trinajstić information content (AvgIpc) is 2.85. The number of benzene rings is 1. The zero-order valence-electron chi connectivity index (χ0n) is 13.1. The lowest BCUT2D eigenvalue weighted by Crippen LogP contribution is -2.36. The number of nitrogens with zero attached hydrogens (tertiary/aromatic N) is 2. The van der Waals surface area contributed by atoms with Crippen molar-refractivity contribution in [3.05, 3.63) is 29.8 Å². The molecule has 2 unspecified atom stereocenters. The predicted molar refractivity (Wildman–Crippen MR) is 83.2 cm³/mol. The van der Waals surface area contributed by atoms with Crippen LogP contribution in [0.5, 0.6) is 5.75 Å². The fourth-order valence-corrected chi connectivity index (χ4v) is 2.79. The molecular formula is C16H25N3O2. The summed E-state index contributed by atoms with van der Waals surface area (Å²) in [7, 11) is 5.74. The first-order valence-electron chi connectivity index (χ1n) is 7.33. The molecule has 5 nitrogen and oxygen atoms in total. The van der Waals surface area contributed by atoms with Gasteiger partial charge in [0.1, 0.15) is 5.75 Å². The second-order valence-corrected chi connectivity index (χ2v) is 5.86. The molecule has 0 aliphatic carbocycles. The molecule has 1 aliphatic rings. The van der Waals surface area contributed by atoms with E-state index in [4.69, 9.17) is 10.5 Å². The highest BCUT2D eigenvalue weighted by atomic mass is 16.5. The van der Waals surface area contributed by atoms with Crippen molar-refractivity contribution >= 4 is 5.91 Å². The summed E-state index contributed by atoms with van der Waals surface area (Å²) in [5.74, 6) is 1.36. The van der Waals surface area contributed by atoms with Crippen molar-refractivity contribution < 1.29 is 9.53 Å². The van der Waals surface area contributed by atoms with E-state index in [-0.39, 0.29) is 11.9 Å². The molecule has 0 radical (unpaired) electrons. The van der Waals surface area contributed by atoms with Gasteiger partial charge in [-0.15, -0.1) is 0 Å². The number of rotatable bonds is 6. The van der Waals surface area contributed by atoms with Crippen molar-refractivity contribution in [3.8, 4) is 5.75 Å². The monoisotopic (exact) mass is 291 g/mol. The smallest absolute Gasteiger partial charge is 0.223 e. The standard InChI is InChI=1S/C16H25N3O2/c1-18(2)15(13-4-6-14(21-3)7-5-13)11-19-10-12(9-17)8-16(19)20/h4-7,12,15H,8-11,17H2,1-3H3. The van der Waals surface area contributed by atoms with Crippen molar-refractivity contribution in [1.82, 2.24) is 9.80 Å². The lowest BCUT2D eigenvalue weighted by molar-refractivity contribution is -0.128. The molecule has 1 aromatic carbocycles. The molecule has 1 heterocycles. The van der Waals surface area contributed by atoms with E-state index in [9.17, 15) is 4.79 Å². The zero-order valence-corrected chi connectivity index (χ0v) is 13.1. The second kappa shape index (κ2) is 6.91. The largest absolute Gasteiger partial charge is 0.497 e. The quantitative estimate of drug-likeness (QED) is 0.853. The third kappa shape index (κ3) is 3.74. The summed E-state index contributed by atoms with van der Waals surface area (Å²) >= 11 is 0.